The van der Waals surface area contributed by atoms with E-state index in [1.165, 1.54) is 16.9 Å². The summed E-state index contributed by atoms with van der Waals surface area (Å²) in [6.45, 7) is 3.61. The molecule has 8 nitrogen and oxygen atoms in total. The van der Waals surface area contributed by atoms with Crippen molar-refractivity contribution in [2.24, 2.45) is 0 Å². The number of nitrogens with zero attached hydrogens (tertiary/aromatic N) is 4. The fourth-order valence-electron chi connectivity index (χ4n) is 4.01. The number of ether oxygens (including phenoxy) is 1. The summed E-state index contributed by atoms with van der Waals surface area (Å²) in [5, 5.41) is 1.74. The first-order chi connectivity index (χ1) is 16.1. The van der Waals surface area contributed by atoms with Gasteiger partial charge in [0, 0.05) is 44.3 Å². The van der Waals surface area contributed by atoms with Gasteiger partial charge in [0.25, 0.3) is 11.5 Å². The third-order valence-electron chi connectivity index (χ3n) is 5.76. The smallest absolute Gasteiger partial charge is 0.269 e. The van der Waals surface area contributed by atoms with Gasteiger partial charge in [0.1, 0.15) is 21.7 Å². The molecule has 0 saturated carbocycles. The van der Waals surface area contributed by atoms with E-state index in [0.29, 0.717) is 40.4 Å². The third-order valence-corrected chi connectivity index (χ3v) is 6.73. The van der Waals surface area contributed by atoms with Gasteiger partial charge in [-0.3, -0.25) is 19.5 Å². The molecule has 0 spiro atoms. The van der Waals surface area contributed by atoms with Gasteiger partial charge in [-0.1, -0.05) is 18.2 Å². The largest absolute Gasteiger partial charge is 0.497 e. The SMILES string of the molecule is COc1cccc(CN2CCN(C(=O)c3csc4c(=O)[nH]c(-c5ccccn5)nc34)CC2)c1. The van der Waals surface area contributed by atoms with Crippen LogP contribution in [0.4, 0.5) is 0 Å². The van der Waals surface area contributed by atoms with Crippen molar-refractivity contribution in [1.82, 2.24) is 24.8 Å². The fourth-order valence-corrected chi connectivity index (χ4v) is 4.89. The van der Waals surface area contributed by atoms with Crippen LogP contribution in [0.15, 0.2) is 58.8 Å². The summed E-state index contributed by atoms with van der Waals surface area (Å²) < 4.78 is 5.76. The number of carbonyl (C=O) groups is 1. The Bertz CT molecular complexity index is 1340. The van der Waals surface area contributed by atoms with Gasteiger partial charge < -0.3 is 14.6 Å². The van der Waals surface area contributed by atoms with Gasteiger partial charge in [-0.15, -0.1) is 11.3 Å². The Morgan fingerprint density at radius 3 is 2.76 bits per heavy atom. The second-order valence-electron chi connectivity index (χ2n) is 7.88. The monoisotopic (exact) mass is 461 g/mol. The number of aromatic amines is 1. The van der Waals surface area contributed by atoms with Crippen LogP contribution in [-0.4, -0.2) is 63.9 Å². The van der Waals surface area contributed by atoms with Crippen molar-refractivity contribution in [3.05, 3.63) is 75.5 Å². The third kappa shape index (κ3) is 4.37. The van der Waals surface area contributed by atoms with Crippen LogP contribution in [0, 0.1) is 0 Å². The Morgan fingerprint density at radius 1 is 1.15 bits per heavy atom. The van der Waals surface area contributed by atoms with E-state index in [9.17, 15) is 9.59 Å². The summed E-state index contributed by atoms with van der Waals surface area (Å²) in [5.41, 5.74) is 2.40. The van der Waals surface area contributed by atoms with Crippen LogP contribution in [0.1, 0.15) is 15.9 Å². The van der Waals surface area contributed by atoms with Gasteiger partial charge in [0.05, 0.1) is 12.7 Å². The lowest BCUT2D eigenvalue weighted by atomic mass is 10.1. The number of nitrogens with one attached hydrogen (secondary N) is 1. The zero-order valence-corrected chi connectivity index (χ0v) is 19.0. The summed E-state index contributed by atoms with van der Waals surface area (Å²) >= 11 is 1.25. The topological polar surface area (TPSA) is 91.4 Å². The summed E-state index contributed by atoms with van der Waals surface area (Å²) in [7, 11) is 1.67. The van der Waals surface area contributed by atoms with Gasteiger partial charge in [-0.25, -0.2) is 4.98 Å². The molecule has 9 heteroatoms. The number of fused-ring (bicyclic) bond motifs is 1. The highest BCUT2D eigenvalue weighted by atomic mass is 32.1. The molecule has 1 saturated heterocycles. The molecule has 1 amide bonds. The Labute approximate surface area is 194 Å². The molecule has 1 N–H and O–H groups in total. The number of pyridine rings is 1. The number of rotatable bonds is 5. The molecule has 1 aliphatic rings. The van der Waals surface area contributed by atoms with E-state index in [1.807, 2.05) is 29.2 Å². The molecular weight excluding hydrogens is 438 g/mol. The Hall–Kier alpha value is -3.56. The molecule has 0 unspecified atom stereocenters. The average molecular weight is 462 g/mol. The van der Waals surface area contributed by atoms with Gasteiger partial charge in [0.15, 0.2) is 5.82 Å². The van der Waals surface area contributed by atoms with Crippen molar-refractivity contribution in [3.8, 4) is 17.3 Å². The van der Waals surface area contributed by atoms with Crippen LogP contribution in [0.3, 0.4) is 0 Å². The maximum absolute atomic E-state index is 13.3. The van der Waals surface area contributed by atoms with Crippen molar-refractivity contribution < 1.29 is 9.53 Å². The molecule has 1 aliphatic heterocycles. The lowest BCUT2D eigenvalue weighted by molar-refractivity contribution is 0.0630. The number of thiophene rings is 1. The number of hydrogen-bond acceptors (Lipinski definition) is 7. The zero-order chi connectivity index (χ0) is 22.8. The second-order valence-corrected chi connectivity index (χ2v) is 8.76. The lowest BCUT2D eigenvalue weighted by Gasteiger charge is -2.34. The number of aromatic nitrogens is 3. The van der Waals surface area contributed by atoms with Gasteiger partial charge in [-0.2, -0.15) is 0 Å². The number of benzene rings is 1. The number of H-pyrrole nitrogens is 1. The number of carbonyl (C=O) groups excluding carboxylic acids is 1. The van der Waals surface area contributed by atoms with Crippen molar-refractivity contribution in [2.75, 3.05) is 33.3 Å². The van der Waals surface area contributed by atoms with E-state index in [4.69, 9.17) is 4.74 Å². The van der Waals surface area contributed by atoms with Crippen LogP contribution >= 0.6 is 11.3 Å². The molecule has 4 heterocycles. The maximum Gasteiger partial charge on any atom is 0.269 e. The lowest BCUT2D eigenvalue weighted by Crippen LogP contribution is -2.48. The van der Waals surface area contributed by atoms with Crippen LogP contribution in [0.2, 0.25) is 0 Å². The minimum Gasteiger partial charge on any atom is -0.497 e. The molecule has 168 valence electrons. The molecule has 0 bridgehead atoms. The minimum absolute atomic E-state index is 0.0904. The van der Waals surface area contributed by atoms with E-state index in [2.05, 4.69) is 25.9 Å². The number of piperazine rings is 1. The van der Waals surface area contributed by atoms with Crippen LogP contribution in [0.25, 0.3) is 21.7 Å². The fraction of sp³-hybridized carbons (Fsp3) is 0.250. The highest BCUT2D eigenvalue weighted by Gasteiger charge is 2.26. The average Bonchev–Trinajstić information content (AvgIpc) is 3.29. The Kier molecular flexibility index (Phi) is 5.89. The van der Waals surface area contributed by atoms with Crippen LogP contribution < -0.4 is 10.3 Å². The number of amides is 1. The number of hydrogen-bond donors (Lipinski definition) is 1. The molecular formula is C24H23N5O3S. The first kappa shape index (κ1) is 21.3. The van der Waals surface area contributed by atoms with Gasteiger partial charge in [-0.05, 0) is 29.8 Å². The van der Waals surface area contributed by atoms with E-state index in [-0.39, 0.29) is 11.5 Å². The molecule has 33 heavy (non-hydrogen) atoms. The van der Waals surface area contributed by atoms with Crippen molar-refractivity contribution in [1.29, 1.82) is 0 Å². The van der Waals surface area contributed by atoms with Gasteiger partial charge >= 0.3 is 0 Å². The van der Waals surface area contributed by atoms with Gasteiger partial charge in [0.2, 0.25) is 0 Å². The highest BCUT2D eigenvalue weighted by Crippen LogP contribution is 2.25. The van der Waals surface area contributed by atoms with E-state index >= 15 is 0 Å². The molecule has 1 aromatic carbocycles. The van der Waals surface area contributed by atoms with E-state index in [0.717, 1.165) is 25.4 Å². The summed E-state index contributed by atoms with van der Waals surface area (Å²) in [6, 6.07) is 13.5. The van der Waals surface area contributed by atoms with Crippen LogP contribution in [0.5, 0.6) is 5.75 Å². The molecule has 4 aromatic rings. The first-order valence-electron chi connectivity index (χ1n) is 10.7. The Morgan fingerprint density at radius 2 is 2.00 bits per heavy atom. The van der Waals surface area contributed by atoms with E-state index < -0.39 is 0 Å². The van der Waals surface area contributed by atoms with Crippen molar-refractivity contribution in [2.45, 2.75) is 6.54 Å². The van der Waals surface area contributed by atoms with Crippen LogP contribution in [-0.2, 0) is 6.54 Å². The molecule has 0 radical (unpaired) electrons. The molecule has 0 atom stereocenters. The van der Waals surface area contributed by atoms with Crippen molar-refractivity contribution >= 4 is 27.5 Å². The molecule has 1 fully saturated rings. The molecule has 0 aliphatic carbocycles. The summed E-state index contributed by atoms with van der Waals surface area (Å²) in [4.78, 5) is 41.7. The van der Waals surface area contributed by atoms with E-state index in [1.54, 1.807) is 30.8 Å². The summed E-state index contributed by atoms with van der Waals surface area (Å²) in [6.07, 6.45) is 1.64. The summed E-state index contributed by atoms with van der Waals surface area (Å²) in [5.74, 6) is 1.12. The first-order valence-corrected chi connectivity index (χ1v) is 11.6. The Balaban J connectivity index is 1.32. The normalized spacial score (nSPS) is 14.5. The number of methoxy groups -OCH3 is 1. The molecule has 3 aromatic heterocycles. The quantitative estimate of drug-likeness (QED) is 0.491. The minimum atomic E-state index is -0.257. The predicted octanol–water partition coefficient (Wildman–Crippen LogP) is 3.01. The molecule has 5 rings (SSSR count). The standard InChI is InChI=1S/C24H23N5O3S/c1-32-17-6-4-5-16(13-17)14-28-9-11-29(12-10-28)24(31)18-15-33-21-20(18)26-22(27-23(21)30)19-7-2-3-8-25-19/h2-8,13,15H,9-12,14H2,1H3,(H,26,27,30). The second kappa shape index (κ2) is 9.13. The predicted molar refractivity (Wildman–Crippen MR) is 128 cm³/mol. The maximum atomic E-state index is 13.3. The van der Waals surface area contributed by atoms with Crippen molar-refractivity contribution in [3.63, 3.8) is 0 Å². The zero-order valence-electron chi connectivity index (χ0n) is 18.2. The highest BCUT2D eigenvalue weighted by molar-refractivity contribution is 7.17.